The van der Waals surface area contributed by atoms with E-state index in [-0.39, 0.29) is 23.3 Å². The maximum Gasteiger partial charge on any atom is 0.224 e. The van der Waals surface area contributed by atoms with E-state index < -0.39 is 0 Å². The molecule has 0 aromatic carbocycles. The van der Waals surface area contributed by atoms with Gasteiger partial charge in [-0.25, -0.2) is 4.98 Å². The number of nitrogens with two attached hydrogens (primary N) is 1. The SMILES string of the molecule is CCC(NC(=O)C(CN)CC(C)(C)C)c1ncc[nH]1. The average Bonchev–Trinajstić information content (AvgIpc) is 2.85. The van der Waals surface area contributed by atoms with E-state index in [0.717, 1.165) is 18.7 Å². The van der Waals surface area contributed by atoms with Crippen molar-refractivity contribution >= 4 is 5.91 Å². The monoisotopic (exact) mass is 266 g/mol. The number of nitrogens with zero attached hydrogens (tertiary/aromatic N) is 1. The smallest absolute Gasteiger partial charge is 0.224 e. The summed E-state index contributed by atoms with van der Waals surface area (Å²) < 4.78 is 0. The second-order valence-corrected chi connectivity index (χ2v) is 6.14. The molecule has 0 saturated carbocycles. The molecule has 0 aliphatic rings. The topological polar surface area (TPSA) is 83.8 Å². The first-order valence-corrected chi connectivity index (χ1v) is 6.87. The van der Waals surface area contributed by atoms with Gasteiger partial charge in [-0.2, -0.15) is 0 Å². The molecule has 1 amide bonds. The van der Waals surface area contributed by atoms with Gasteiger partial charge in [0.2, 0.25) is 5.91 Å². The lowest BCUT2D eigenvalue weighted by Gasteiger charge is -2.26. The Bertz CT molecular complexity index is 381. The molecule has 0 radical (unpaired) electrons. The summed E-state index contributed by atoms with van der Waals surface area (Å²) in [4.78, 5) is 19.5. The summed E-state index contributed by atoms with van der Waals surface area (Å²) in [5.74, 6) is 0.659. The minimum absolute atomic E-state index is 0.0145. The van der Waals surface area contributed by atoms with Gasteiger partial charge in [-0.1, -0.05) is 27.7 Å². The molecule has 19 heavy (non-hydrogen) atoms. The third-order valence-corrected chi connectivity index (χ3v) is 3.09. The Labute approximate surface area is 115 Å². The zero-order valence-corrected chi connectivity index (χ0v) is 12.4. The number of rotatable bonds is 6. The lowest BCUT2D eigenvalue weighted by Crippen LogP contribution is -2.39. The quantitative estimate of drug-likeness (QED) is 0.736. The highest BCUT2D eigenvalue weighted by Gasteiger charge is 2.25. The van der Waals surface area contributed by atoms with E-state index in [2.05, 4.69) is 36.1 Å². The third-order valence-electron chi connectivity index (χ3n) is 3.09. The minimum atomic E-state index is -0.149. The van der Waals surface area contributed by atoms with Crippen molar-refractivity contribution in [3.8, 4) is 0 Å². The molecule has 4 N–H and O–H groups in total. The molecule has 1 aromatic heterocycles. The number of aromatic nitrogens is 2. The summed E-state index contributed by atoms with van der Waals surface area (Å²) in [6.07, 6.45) is 5.04. The molecule has 108 valence electrons. The van der Waals surface area contributed by atoms with Crippen LogP contribution in [0, 0.1) is 11.3 Å². The van der Waals surface area contributed by atoms with Crippen molar-refractivity contribution in [3.63, 3.8) is 0 Å². The van der Waals surface area contributed by atoms with Crippen molar-refractivity contribution in [1.82, 2.24) is 15.3 Å². The van der Waals surface area contributed by atoms with Gasteiger partial charge in [-0.15, -0.1) is 0 Å². The molecular weight excluding hydrogens is 240 g/mol. The molecular formula is C14H26N4O. The Kier molecular flexibility index (Phi) is 5.54. The van der Waals surface area contributed by atoms with E-state index >= 15 is 0 Å². The van der Waals surface area contributed by atoms with Crippen LogP contribution in [0.2, 0.25) is 0 Å². The largest absolute Gasteiger partial charge is 0.347 e. The Morgan fingerprint density at radius 3 is 2.63 bits per heavy atom. The number of aromatic amines is 1. The van der Waals surface area contributed by atoms with E-state index in [1.807, 2.05) is 6.92 Å². The second kappa shape index (κ2) is 6.70. The Balaban J connectivity index is 2.65. The first kappa shape index (κ1) is 15.7. The van der Waals surface area contributed by atoms with Gasteiger partial charge in [-0.05, 0) is 18.3 Å². The fraction of sp³-hybridized carbons (Fsp3) is 0.714. The predicted octanol–water partition coefficient (Wildman–Crippen LogP) is 1.99. The number of carbonyl (C=O) groups excluding carboxylic acids is 1. The molecule has 0 aliphatic carbocycles. The number of H-pyrrole nitrogens is 1. The van der Waals surface area contributed by atoms with Crippen LogP contribution < -0.4 is 11.1 Å². The predicted molar refractivity (Wildman–Crippen MR) is 76.4 cm³/mol. The van der Waals surface area contributed by atoms with E-state index in [1.165, 1.54) is 0 Å². The molecule has 0 saturated heterocycles. The van der Waals surface area contributed by atoms with Crippen LogP contribution in [0.15, 0.2) is 12.4 Å². The molecule has 0 fully saturated rings. The molecule has 1 heterocycles. The molecule has 1 rings (SSSR count). The molecule has 2 atom stereocenters. The highest BCUT2D eigenvalue weighted by molar-refractivity contribution is 5.79. The Morgan fingerprint density at radius 2 is 2.21 bits per heavy atom. The van der Waals surface area contributed by atoms with Crippen LogP contribution in [0.5, 0.6) is 0 Å². The maximum atomic E-state index is 12.3. The summed E-state index contributed by atoms with van der Waals surface area (Å²) >= 11 is 0. The van der Waals surface area contributed by atoms with E-state index in [9.17, 15) is 4.79 Å². The molecule has 0 spiro atoms. The molecule has 2 unspecified atom stereocenters. The third kappa shape index (κ3) is 5.03. The molecule has 1 aromatic rings. The second-order valence-electron chi connectivity index (χ2n) is 6.14. The van der Waals surface area contributed by atoms with Crippen LogP contribution >= 0.6 is 0 Å². The Hall–Kier alpha value is -1.36. The van der Waals surface area contributed by atoms with Gasteiger partial charge in [-0.3, -0.25) is 4.79 Å². The van der Waals surface area contributed by atoms with Gasteiger partial charge in [0.05, 0.1) is 12.0 Å². The highest BCUT2D eigenvalue weighted by Crippen LogP contribution is 2.24. The van der Waals surface area contributed by atoms with Crippen LogP contribution in [-0.4, -0.2) is 22.4 Å². The van der Waals surface area contributed by atoms with Crippen LogP contribution in [0.3, 0.4) is 0 Å². The van der Waals surface area contributed by atoms with Gasteiger partial charge in [0.15, 0.2) is 0 Å². The molecule has 0 aliphatic heterocycles. The van der Waals surface area contributed by atoms with Gasteiger partial charge in [0, 0.05) is 18.9 Å². The van der Waals surface area contributed by atoms with Crippen molar-refractivity contribution in [3.05, 3.63) is 18.2 Å². The van der Waals surface area contributed by atoms with Crippen molar-refractivity contribution in [2.75, 3.05) is 6.54 Å². The number of hydrogen-bond donors (Lipinski definition) is 3. The minimum Gasteiger partial charge on any atom is -0.347 e. The highest BCUT2D eigenvalue weighted by atomic mass is 16.2. The summed E-state index contributed by atoms with van der Waals surface area (Å²) in [5, 5.41) is 3.03. The number of carbonyl (C=O) groups is 1. The maximum absolute atomic E-state index is 12.3. The van der Waals surface area contributed by atoms with Crippen LogP contribution in [0.25, 0.3) is 0 Å². The summed E-state index contributed by atoms with van der Waals surface area (Å²) in [5.41, 5.74) is 5.82. The van der Waals surface area contributed by atoms with Gasteiger partial charge in [0.1, 0.15) is 5.82 Å². The molecule has 0 bridgehead atoms. The van der Waals surface area contributed by atoms with Gasteiger partial charge >= 0.3 is 0 Å². The number of imidazole rings is 1. The van der Waals surface area contributed by atoms with Crippen molar-refractivity contribution in [2.45, 2.75) is 46.6 Å². The zero-order chi connectivity index (χ0) is 14.5. The lowest BCUT2D eigenvalue weighted by molar-refractivity contribution is -0.126. The number of amides is 1. The number of nitrogens with one attached hydrogen (secondary N) is 2. The van der Waals surface area contributed by atoms with E-state index in [4.69, 9.17) is 5.73 Å². The molecule has 5 heteroatoms. The van der Waals surface area contributed by atoms with Gasteiger partial charge in [0.25, 0.3) is 0 Å². The van der Waals surface area contributed by atoms with Crippen LogP contribution in [0.1, 0.15) is 52.4 Å². The standard InChI is InChI=1S/C14H26N4O/c1-5-11(12-16-6-7-17-12)18-13(19)10(9-15)8-14(2,3)4/h6-7,10-11H,5,8-9,15H2,1-4H3,(H,16,17)(H,18,19). The fourth-order valence-corrected chi connectivity index (χ4v) is 2.14. The van der Waals surface area contributed by atoms with Crippen LogP contribution in [-0.2, 0) is 4.79 Å². The summed E-state index contributed by atoms with van der Waals surface area (Å²) in [6, 6.07) is -0.0727. The van der Waals surface area contributed by atoms with Gasteiger partial charge < -0.3 is 16.0 Å². The van der Waals surface area contributed by atoms with E-state index in [1.54, 1.807) is 12.4 Å². The van der Waals surface area contributed by atoms with Crippen molar-refractivity contribution in [1.29, 1.82) is 0 Å². The van der Waals surface area contributed by atoms with E-state index in [0.29, 0.717) is 6.54 Å². The zero-order valence-electron chi connectivity index (χ0n) is 12.4. The average molecular weight is 266 g/mol. The molecule has 5 nitrogen and oxygen atoms in total. The summed E-state index contributed by atoms with van der Waals surface area (Å²) in [7, 11) is 0. The fourth-order valence-electron chi connectivity index (χ4n) is 2.14. The van der Waals surface area contributed by atoms with Crippen LogP contribution in [0.4, 0.5) is 0 Å². The van der Waals surface area contributed by atoms with Crippen molar-refractivity contribution in [2.24, 2.45) is 17.1 Å². The van der Waals surface area contributed by atoms with Crippen molar-refractivity contribution < 1.29 is 4.79 Å². The number of hydrogen-bond acceptors (Lipinski definition) is 3. The lowest BCUT2D eigenvalue weighted by atomic mass is 9.84. The first-order chi connectivity index (χ1) is 8.87. The first-order valence-electron chi connectivity index (χ1n) is 6.87. The Morgan fingerprint density at radius 1 is 1.53 bits per heavy atom. The summed E-state index contributed by atoms with van der Waals surface area (Å²) in [6.45, 7) is 8.75. The normalized spacial score (nSPS) is 15.0.